The molecule has 0 unspecified atom stereocenters. The highest BCUT2D eigenvalue weighted by Crippen LogP contribution is 2.50. The van der Waals surface area contributed by atoms with E-state index in [2.05, 4.69) is 17.6 Å². The minimum absolute atomic E-state index is 0.0449. The van der Waals surface area contributed by atoms with Crippen LogP contribution in [-0.2, 0) is 33.9 Å². The normalized spacial score (nSPS) is 24.1. The number of benzene rings is 2. The molecule has 3 fully saturated rings. The number of rotatable bonds is 14. The van der Waals surface area contributed by atoms with Gasteiger partial charge in [-0.2, -0.15) is 8.78 Å². The van der Waals surface area contributed by atoms with Gasteiger partial charge in [0.2, 0.25) is 21.8 Å². The second-order valence-electron chi connectivity index (χ2n) is 17.2. The molecule has 3 N–H and O–H groups in total. The Hall–Kier alpha value is -3.98. The molecule has 0 bridgehead atoms. The van der Waals surface area contributed by atoms with E-state index < -0.39 is 84.5 Å². The molecule has 15 heteroatoms. The zero-order chi connectivity index (χ0) is 41.3. The van der Waals surface area contributed by atoms with E-state index in [1.807, 2.05) is 59.3 Å². The van der Waals surface area contributed by atoms with Crippen molar-refractivity contribution in [2.45, 2.75) is 120 Å². The SMILES string of the molecule is CCCCS[C@@]1(c2ccc(-c3ccccc3)cc2)C[C@@H](C(=O)N[C@]2(C(=O)NS(=O)(=O)C3CC3)C[C@H]2C=C(F)F)N(C(=O)[C@@H](NC(=O)OC(C)(C)C)C(C)(C)C)C1. The lowest BCUT2D eigenvalue weighted by Gasteiger charge is -2.36. The van der Waals surface area contributed by atoms with Crippen LogP contribution in [-0.4, -0.2) is 77.9 Å². The van der Waals surface area contributed by atoms with Crippen molar-refractivity contribution in [1.82, 2.24) is 20.3 Å². The van der Waals surface area contributed by atoms with Gasteiger partial charge in [0, 0.05) is 12.5 Å². The molecule has 11 nitrogen and oxygen atoms in total. The quantitative estimate of drug-likeness (QED) is 0.175. The van der Waals surface area contributed by atoms with Crippen molar-refractivity contribution < 1.29 is 41.1 Å². The maximum atomic E-state index is 14.9. The third kappa shape index (κ3) is 10.1. The second kappa shape index (κ2) is 16.5. The van der Waals surface area contributed by atoms with Crippen LogP contribution >= 0.6 is 11.8 Å². The van der Waals surface area contributed by atoms with Crippen molar-refractivity contribution in [3.05, 3.63) is 72.3 Å². The van der Waals surface area contributed by atoms with Crippen molar-refractivity contribution >= 4 is 45.6 Å². The number of halogens is 2. The number of thioether (sulfide) groups is 1. The number of hydrogen-bond donors (Lipinski definition) is 3. The fourth-order valence-electron chi connectivity index (χ4n) is 7.07. The van der Waals surface area contributed by atoms with Gasteiger partial charge >= 0.3 is 6.09 Å². The standard InChI is InChI=1S/C41H54F2N4O7S2/c1-8-9-21-55-40(28-17-15-27(16-18-28)26-13-11-10-12-14-26)24-31(47(25-40)35(49)33(38(2,3)4)44-37(51)54-39(5,6)7)34(48)45-41(23-29(41)22-32(42)43)36(50)46-56(52,53)30-19-20-30/h10-18,22,29-31,33H,8-9,19-21,23-25H2,1-7H3,(H,44,51)(H,45,48)(H,46,50)/t29-,31+,33-,40+,41-/m1/s1. The highest BCUT2D eigenvalue weighted by Gasteiger charge is 2.63. The largest absolute Gasteiger partial charge is 0.444 e. The molecule has 2 aromatic carbocycles. The van der Waals surface area contributed by atoms with Crippen LogP contribution < -0.4 is 15.4 Å². The monoisotopic (exact) mass is 816 g/mol. The number of ether oxygens (including phenoxy) is 1. The zero-order valence-corrected chi connectivity index (χ0v) is 34.8. The van der Waals surface area contributed by atoms with Crippen molar-refractivity contribution in [2.75, 3.05) is 12.3 Å². The first-order valence-corrected chi connectivity index (χ1v) is 21.6. The van der Waals surface area contributed by atoms with Gasteiger partial charge in [0.15, 0.2) is 0 Å². The lowest BCUT2D eigenvalue weighted by molar-refractivity contribution is -0.143. The summed E-state index contributed by atoms with van der Waals surface area (Å²) in [5.74, 6) is -2.95. The summed E-state index contributed by atoms with van der Waals surface area (Å²) in [7, 11) is -4.08. The van der Waals surface area contributed by atoms with E-state index in [0.29, 0.717) is 24.7 Å². The molecule has 306 valence electrons. The number of likely N-dealkylation sites (tertiary alicyclic amines) is 1. The molecule has 3 aliphatic rings. The van der Waals surface area contributed by atoms with Gasteiger partial charge in [-0.25, -0.2) is 13.2 Å². The molecule has 1 saturated heterocycles. The molecule has 5 rings (SSSR count). The van der Waals surface area contributed by atoms with Crippen molar-refractivity contribution in [1.29, 1.82) is 0 Å². The minimum atomic E-state index is -4.08. The Labute approximate surface area is 333 Å². The summed E-state index contributed by atoms with van der Waals surface area (Å²) in [6.07, 6.45) is -0.0523. The summed E-state index contributed by atoms with van der Waals surface area (Å²) in [5.41, 5.74) is -0.866. The lowest BCUT2D eigenvalue weighted by atomic mass is 9.85. The van der Waals surface area contributed by atoms with Crippen LogP contribution in [0.2, 0.25) is 0 Å². The number of nitrogens with one attached hydrogen (secondary N) is 3. The highest BCUT2D eigenvalue weighted by atomic mass is 32.2. The van der Waals surface area contributed by atoms with E-state index in [-0.39, 0.29) is 19.4 Å². The van der Waals surface area contributed by atoms with Gasteiger partial charge in [-0.05, 0) is 86.8 Å². The van der Waals surface area contributed by atoms with Crippen LogP contribution in [0.4, 0.5) is 13.6 Å². The summed E-state index contributed by atoms with van der Waals surface area (Å²) < 4.78 is 59.5. The molecular formula is C41H54F2N4O7S2. The summed E-state index contributed by atoms with van der Waals surface area (Å²) in [5, 5.41) is 4.62. The molecule has 56 heavy (non-hydrogen) atoms. The summed E-state index contributed by atoms with van der Waals surface area (Å²) in [6.45, 7) is 12.5. The molecule has 0 spiro atoms. The van der Waals surface area contributed by atoms with Gasteiger partial charge in [-0.1, -0.05) is 88.7 Å². The predicted octanol–water partition coefficient (Wildman–Crippen LogP) is 6.89. The van der Waals surface area contributed by atoms with Gasteiger partial charge in [-0.15, -0.1) is 11.8 Å². The average molecular weight is 817 g/mol. The van der Waals surface area contributed by atoms with Crippen molar-refractivity contribution in [3.8, 4) is 11.1 Å². The number of carbonyl (C=O) groups excluding carboxylic acids is 4. The zero-order valence-electron chi connectivity index (χ0n) is 33.1. The first-order chi connectivity index (χ1) is 26.1. The van der Waals surface area contributed by atoms with Crippen molar-refractivity contribution in [3.63, 3.8) is 0 Å². The Kier molecular flexibility index (Phi) is 12.7. The van der Waals surface area contributed by atoms with Crippen LogP contribution in [0.5, 0.6) is 0 Å². The Bertz CT molecular complexity index is 1920. The number of sulfonamides is 1. The topological polar surface area (TPSA) is 151 Å². The van der Waals surface area contributed by atoms with E-state index in [9.17, 15) is 36.4 Å². The maximum Gasteiger partial charge on any atom is 0.408 e. The van der Waals surface area contributed by atoms with Crippen molar-refractivity contribution in [2.24, 2.45) is 11.3 Å². The maximum absolute atomic E-state index is 14.9. The number of unbranched alkanes of at least 4 members (excludes halogenated alkanes) is 1. The number of carbonyl (C=O) groups is 4. The minimum Gasteiger partial charge on any atom is -0.444 e. The Morgan fingerprint density at radius 2 is 1.59 bits per heavy atom. The highest BCUT2D eigenvalue weighted by molar-refractivity contribution is 8.00. The van der Waals surface area contributed by atoms with Gasteiger partial charge in [0.25, 0.3) is 12.0 Å². The molecule has 2 aromatic rings. The lowest BCUT2D eigenvalue weighted by Crippen LogP contribution is -2.60. The number of nitrogens with zero attached hydrogens (tertiary/aromatic N) is 1. The van der Waals surface area contributed by atoms with E-state index in [0.717, 1.165) is 29.5 Å². The van der Waals surface area contributed by atoms with Crippen LogP contribution in [0.15, 0.2) is 66.8 Å². The molecule has 1 aliphatic heterocycles. The van der Waals surface area contributed by atoms with E-state index in [4.69, 9.17) is 4.74 Å². The van der Waals surface area contributed by atoms with Crippen LogP contribution in [0.1, 0.15) is 92.6 Å². The van der Waals surface area contributed by atoms with Gasteiger partial charge in [0.1, 0.15) is 23.2 Å². The van der Waals surface area contributed by atoms with E-state index in [1.165, 1.54) is 4.90 Å². The average Bonchev–Trinajstić information content (AvgIpc) is 4.03. The first-order valence-electron chi connectivity index (χ1n) is 19.1. The van der Waals surface area contributed by atoms with E-state index >= 15 is 0 Å². The molecule has 5 atom stereocenters. The Balaban J connectivity index is 1.56. The number of hydrogen-bond acceptors (Lipinski definition) is 8. The molecular weight excluding hydrogens is 763 g/mol. The van der Waals surface area contributed by atoms with Crippen LogP contribution in [0.25, 0.3) is 11.1 Å². The third-order valence-corrected chi connectivity index (χ3v) is 13.8. The molecule has 2 aliphatic carbocycles. The Morgan fingerprint density at radius 1 is 0.964 bits per heavy atom. The smallest absolute Gasteiger partial charge is 0.408 e. The van der Waals surface area contributed by atoms with Gasteiger partial charge in [-0.3, -0.25) is 19.1 Å². The van der Waals surface area contributed by atoms with Gasteiger partial charge < -0.3 is 20.3 Å². The fourth-order valence-corrected chi connectivity index (χ4v) is 10.1. The predicted molar refractivity (Wildman–Crippen MR) is 213 cm³/mol. The van der Waals surface area contributed by atoms with Gasteiger partial charge in [0.05, 0.1) is 10.00 Å². The summed E-state index contributed by atoms with van der Waals surface area (Å²) >= 11 is 1.61. The molecule has 0 radical (unpaired) electrons. The number of amides is 4. The fraction of sp³-hybridized carbons (Fsp3) is 0.561. The first kappa shape index (κ1) is 43.1. The second-order valence-corrected chi connectivity index (χ2v) is 20.6. The molecule has 4 amide bonds. The third-order valence-electron chi connectivity index (χ3n) is 10.4. The summed E-state index contributed by atoms with van der Waals surface area (Å²) in [6, 6.07) is 15.4. The molecule has 2 saturated carbocycles. The molecule has 0 aromatic heterocycles. The Morgan fingerprint density at radius 3 is 2.14 bits per heavy atom. The van der Waals surface area contributed by atoms with Crippen LogP contribution in [0.3, 0.4) is 0 Å². The van der Waals surface area contributed by atoms with Crippen LogP contribution in [0, 0.1) is 11.3 Å². The molecule has 1 heterocycles. The number of alkyl carbamates (subject to hydrolysis) is 1. The summed E-state index contributed by atoms with van der Waals surface area (Å²) in [4.78, 5) is 57.8. The van der Waals surface area contributed by atoms with E-state index in [1.54, 1.807) is 53.3 Å².